The van der Waals surface area contributed by atoms with Gasteiger partial charge in [-0.25, -0.2) is 4.18 Å². The molecule has 0 aromatic heterocycles. The van der Waals surface area contributed by atoms with Crippen molar-refractivity contribution in [2.75, 3.05) is 13.2 Å². The zero-order chi connectivity index (χ0) is 9.83. The number of hydrogen-bond donors (Lipinski definition) is 2. The van der Waals surface area contributed by atoms with Crippen LogP contribution in [0.3, 0.4) is 0 Å². The Labute approximate surface area is 73.1 Å². The SMILES string of the molecule is CCNC(C)(C)COS(=O)(=O)O. The molecule has 74 valence electrons. The van der Waals surface area contributed by atoms with Gasteiger partial charge in [0, 0.05) is 5.54 Å². The van der Waals surface area contributed by atoms with Crippen molar-refractivity contribution in [1.82, 2.24) is 5.32 Å². The molecule has 0 rings (SSSR count). The summed E-state index contributed by atoms with van der Waals surface area (Å²) in [6, 6.07) is 0. The molecule has 0 aromatic rings. The van der Waals surface area contributed by atoms with Gasteiger partial charge in [0.2, 0.25) is 0 Å². The van der Waals surface area contributed by atoms with Gasteiger partial charge in [-0.2, -0.15) is 8.42 Å². The maximum absolute atomic E-state index is 10.2. The van der Waals surface area contributed by atoms with Crippen molar-refractivity contribution in [3.63, 3.8) is 0 Å². The zero-order valence-corrected chi connectivity index (χ0v) is 8.31. The predicted molar refractivity (Wildman–Crippen MR) is 45.3 cm³/mol. The Bertz CT molecular complexity index is 222. The van der Waals surface area contributed by atoms with Crippen LogP contribution in [0.1, 0.15) is 20.8 Å². The Balaban J connectivity index is 3.92. The summed E-state index contributed by atoms with van der Waals surface area (Å²) in [5.74, 6) is 0. The lowest BCUT2D eigenvalue weighted by atomic mass is 10.1. The summed E-state index contributed by atoms with van der Waals surface area (Å²) in [5, 5.41) is 2.99. The highest BCUT2D eigenvalue weighted by atomic mass is 32.3. The lowest BCUT2D eigenvalue weighted by molar-refractivity contribution is 0.193. The molecule has 6 heteroatoms. The van der Waals surface area contributed by atoms with E-state index in [2.05, 4.69) is 9.50 Å². The topological polar surface area (TPSA) is 75.6 Å². The van der Waals surface area contributed by atoms with Crippen molar-refractivity contribution >= 4 is 10.4 Å². The summed E-state index contributed by atoms with van der Waals surface area (Å²) >= 11 is 0. The summed E-state index contributed by atoms with van der Waals surface area (Å²) < 4.78 is 32.9. The average Bonchev–Trinajstić information content (AvgIpc) is 1.83. The smallest absolute Gasteiger partial charge is 0.310 e. The Morgan fingerprint density at radius 2 is 2.00 bits per heavy atom. The van der Waals surface area contributed by atoms with Gasteiger partial charge >= 0.3 is 10.4 Å². The third-order valence-corrected chi connectivity index (χ3v) is 1.64. The molecule has 0 aliphatic heterocycles. The van der Waals surface area contributed by atoms with Gasteiger partial charge in [-0.15, -0.1) is 0 Å². The minimum atomic E-state index is -4.32. The molecule has 0 spiro atoms. The minimum absolute atomic E-state index is 0.0837. The molecule has 0 unspecified atom stereocenters. The molecule has 0 aliphatic rings. The van der Waals surface area contributed by atoms with E-state index in [1.54, 1.807) is 13.8 Å². The highest BCUT2D eigenvalue weighted by Crippen LogP contribution is 2.03. The predicted octanol–water partition coefficient (Wildman–Crippen LogP) is 0.194. The number of hydrogen-bond acceptors (Lipinski definition) is 4. The lowest BCUT2D eigenvalue weighted by Gasteiger charge is -2.23. The maximum atomic E-state index is 10.2. The number of nitrogens with one attached hydrogen (secondary N) is 1. The van der Waals surface area contributed by atoms with Crippen molar-refractivity contribution in [2.45, 2.75) is 26.3 Å². The molecule has 0 bridgehead atoms. The molecular formula is C6H15NO4S. The van der Waals surface area contributed by atoms with Crippen LogP contribution in [0.15, 0.2) is 0 Å². The van der Waals surface area contributed by atoms with Gasteiger partial charge in [-0.05, 0) is 20.4 Å². The summed E-state index contributed by atoms with van der Waals surface area (Å²) in [6.45, 7) is 6.08. The van der Waals surface area contributed by atoms with Gasteiger partial charge < -0.3 is 5.32 Å². The molecule has 0 radical (unpaired) electrons. The monoisotopic (exact) mass is 197 g/mol. The van der Waals surface area contributed by atoms with Crippen LogP contribution >= 0.6 is 0 Å². The fourth-order valence-corrected chi connectivity index (χ4v) is 1.19. The van der Waals surface area contributed by atoms with Gasteiger partial charge in [-0.3, -0.25) is 4.55 Å². The third-order valence-electron chi connectivity index (χ3n) is 1.22. The Morgan fingerprint density at radius 3 is 2.33 bits per heavy atom. The summed E-state index contributed by atoms with van der Waals surface area (Å²) in [4.78, 5) is 0. The first kappa shape index (κ1) is 11.8. The van der Waals surface area contributed by atoms with Crippen LogP contribution in [-0.2, 0) is 14.6 Å². The van der Waals surface area contributed by atoms with Crippen LogP contribution in [0.25, 0.3) is 0 Å². The lowest BCUT2D eigenvalue weighted by Crippen LogP contribution is -2.43. The van der Waals surface area contributed by atoms with E-state index < -0.39 is 15.9 Å². The van der Waals surface area contributed by atoms with Crippen molar-refractivity contribution in [3.8, 4) is 0 Å². The van der Waals surface area contributed by atoms with Gasteiger partial charge in [0.1, 0.15) is 0 Å². The van der Waals surface area contributed by atoms with Gasteiger partial charge in [0.15, 0.2) is 0 Å². The molecule has 0 fully saturated rings. The molecule has 5 nitrogen and oxygen atoms in total. The standard InChI is InChI=1S/C6H15NO4S/c1-4-7-6(2,3)5-11-12(8,9)10/h7H,4-5H2,1-3H3,(H,8,9,10). The van der Waals surface area contributed by atoms with Crippen LogP contribution in [0, 0.1) is 0 Å². The highest BCUT2D eigenvalue weighted by Gasteiger charge is 2.19. The molecule has 0 aliphatic carbocycles. The summed E-state index contributed by atoms with van der Waals surface area (Å²) in [7, 11) is -4.32. The normalized spacial score (nSPS) is 13.3. The summed E-state index contributed by atoms with van der Waals surface area (Å²) in [6.07, 6.45) is 0. The molecule has 0 amide bonds. The zero-order valence-electron chi connectivity index (χ0n) is 7.49. The van der Waals surface area contributed by atoms with E-state index >= 15 is 0 Å². The average molecular weight is 197 g/mol. The third kappa shape index (κ3) is 6.53. The molecule has 0 saturated heterocycles. The fraction of sp³-hybridized carbons (Fsp3) is 1.00. The van der Waals surface area contributed by atoms with E-state index in [0.717, 1.165) is 0 Å². The van der Waals surface area contributed by atoms with Crippen molar-refractivity contribution in [2.24, 2.45) is 0 Å². The van der Waals surface area contributed by atoms with E-state index in [4.69, 9.17) is 4.55 Å². The quantitative estimate of drug-likeness (QED) is 0.615. The van der Waals surface area contributed by atoms with Crippen LogP contribution in [-0.4, -0.2) is 31.7 Å². The maximum Gasteiger partial charge on any atom is 0.397 e. The minimum Gasteiger partial charge on any atom is -0.310 e. The van der Waals surface area contributed by atoms with Crippen LogP contribution in [0.4, 0.5) is 0 Å². The van der Waals surface area contributed by atoms with E-state index in [9.17, 15) is 8.42 Å². The molecule has 0 aromatic carbocycles. The van der Waals surface area contributed by atoms with E-state index in [1.165, 1.54) is 0 Å². The molecule has 2 N–H and O–H groups in total. The molecule has 0 saturated carbocycles. The van der Waals surface area contributed by atoms with E-state index in [1.807, 2.05) is 6.92 Å². The van der Waals surface area contributed by atoms with Crippen LogP contribution in [0.2, 0.25) is 0 Å². The first-order chi connectivity index (χ1) is 5.27. The van der Waals surface area contributed by atoms with E-state index in [-0.39, 0.29) is 6.61 Å². The molecule has 0 heterocycles. The summed E-state index contributed by atoms with van der Waals surface area (Å²) in [5.41, 5.74) is -0.454. The van der Waals surface area contributed by atoms with Gasteiger partial charge in [0.05, 0.1) is 6.61 Å². The van der Waals surface area contributed by atoms with Gasteiger partial charge in [-0.1, -0.05) is 6.92 Å². The number of rotatable bonds is 5. The Hall–Kier alpha value is -0.170. The second-order valence-corrected chi connectivity index (χ2v) is 4.20. The van der Waals surface area contributed by atoms with Gasteiger partial charge in [0.25, 0.3) is 0 Å². The molecule has 12 heavy (non-hydrogen) atoms. The highest BCUT2D eigenvalue weighted by molar-refractivity contribution is 7.80. The largest absolute Gasteiger partial charge is 0.397 e. The van der Waals surface area contributed by atoms with E-state index in [0.29, 0.717) is 6.54 Å². The van der Waals surface area contributed by atoms with Crippen molar-refractivity contribution in [1.29, 1.82) is 0 Å². The van der Waals surface area contributed by atoms with Crippen LogP contribution < -0.4 is 5.32 Å². The van der Waals surface area contributed by atoms with Crippen molar-refractivity contribution in [3.05, 3.63) is 0 Å². The molecule has 0 atom stereocenters. The first-order valence-electron chi connectivity index (χ1n) is 3.64. The second kappa shape index (κ2) is 4.18. The second-order valence-electron chi connectivity index (χ2n) is 3.10. The first-order valence-corrected chi connectivity index (χ1v) is 5.00. The van der Waals surface area contributed by atoms with Crippen LogP contribution in [0.5, 0.6) is 0 Å². The van der Waals surface area contributed by atoms with Crippen molar-refractivity contribution < 1.29 is 17.2 Å². The Morgan fingerprint density at radius 1 is 1.50 bits per heavy atom. The fourth-order valence-electron chi connectivity index (χ4n) is 0.751. The number of likely N-dealkylation sites (N-methyl/N-ethyl adjacent to an activating group) is 1. The molecular weight excluding hydrogens is 182 g/mol. The Kier molecular flexibility index (Phi) is 4.12.